The van der Waals surface area contributed by atoms with Gasteiger partial charge in [0.25, 0.3) is 17.4 Å². The standard InChI is InChI=1S/C20H22N6O5.C2H4O2/c21-19(22)14-6-4-13(5-7-14)12-23-18(27)11-17-20(28)25(8-9-31-17)24-15-2-1-3-16(10-15)26(29)30;1-2(3)4/h1-7,10,17,24H,8-9,11-12H2,(H3,21,22)(H,23,27);1H3,(H,3,4). The molecule has 3 rings (SSSR count). The number of rotatable bonds is 8. The van der Waals surface area contributed by atoms with Crippen LogP contribution in [-0.2, 0) is 25.7 Å². The number of carbonyl (C=O) groups excluding carboxylic acids is 3. The highest BCUT2D eigenvalue weighted by Gasteiger charge is 2.31. The van der Waals surface area contributed by atoms with E-state index in [4.69, 9.17) is 25.8 Å². The van der Waals surface area contributed by atoms with Crippen LogP contribution in [0.15, 0.2) is 48.5 Å². The lowest BCUT2D eigenvalue weighted by atomic mass is 10.1. The summed E-state index contributed by atoms with van der Waals surface area (Å²) in [4.78, 5) is 44.2. The molecule has 35 heavy (non-hydrogen) atoms. The first kappa shape index (κ1) is 26.7. The van der Waals surface area contributed by atoms with Crippen LogP contribution in [0.5, 0.6) is 0 Å². The number of nitrogens with two attached hydrogens (primary N) is 2. The highest BCUT2D eigenvalue weighted by molar-refractivity contribution is 5.92. The SMILES string of the molecule is CC(=O)[O-].NC(=[NH2+])c1ccc(CNC(=O)CC2OCCN(Nc3cccc([N+](=O)[O-])c3)C2=O)cc1. The second kappa shape index (κ2) is 12.6. The Hall–Kier alpha value is -4.52. The number of anilines is 1. The zero-order chi connectivity index (χ0) is 26.0. The van der Waals surface area contributed by atoms with E-state index in [0.29, 0.717) is 11.3 Å². The van der Waals surface area contributed by atoms with Crippen LogP contribution in [0.3, 0.4) is 0 Å². The van der Waals surface area contributed by atoms with Gasteiger partial charge in [-0.05, 0) is 30.7 Å². The molecule has 2 aromatic rings. The Morgan fingerprint density at radius 2 is 1.91 bits per heavy atom. The summed E-state index contributed by atoms with van der Waals surface area (Å²) < 4.78 is 5.45. The number of carboxylic acids is 1. The van der Waals surface area contributed by atoms with Crippen LogP contribution in [0.4, 0.5) is 11.4 Å². The smallest absolute Gasteiger partial charge is 0.271 e. The molecule has 1 aliphatic heterocycles. The Balaban J connectivity index is 0.00000100. The number of nitrogens with one attached hydrogen (secondary N) is 2. The van der Waals surface area contributed by atoms with Crippen LogP contribution in [0.2, 0.25) is 0 Å². The van der Waals surface area contributed by atoms with Gasteiger partial charge in [0.2, 0.25) is 5.91 Å². The maximum Gasteiger partial charge on any atom is 0.271 e. The van der Waals surface area contributed by atoms with Crippen LogP contribution in [0.1, 0.15) is 24.5 Å². The third-order valence-corrected chi connectivity index (χ3v) is 4.64. The zero-order valence-corrected chi connectivity index (χ0v) is 18.9. The number of non-ortho nitro benzene ring substituents is 1. The van der Waals surface area contributed by atoms with Crippen molar-refractivity contribution in [3.8, 4) is 0 Å². The average molecular weight is 486 g/mol. The number of carboxylic acid groups (broad SMARTS) is 1. The Morgan fingerprint density at radius 3 is 2.51 bits per heavy atom. The monoisotopic (exact) mass is 486 g/mol. The van der Waals surface area contributed by atoms with E-state index in [0.717, 1.165) is 12.5 Å². The second-order valence-corrected chi connectivity index (χ2v) is 7.39. The van der Waals surface area contributed by atoms with Gasteiger partial charge < -0.3 is 20.0 Å². The third-order valence-electron chi connectivity index (χ3n) is 4.64. The molecular weight excluding hydrogens is 460 g/mol. The second-order valence-electron chi connectivity index (χ2n) is 7.39. The van der Waals surface area contributed by atoms with Crippen LogP contribution in [0.25, 0.3) is 0 Å². The van der Waals surface area contributed by atoms with Crippen molar-refractivity contribution >= 4 is 35.0 Å². The zero-order valence-electron chi connectivity index (χ0n) is 18.9. The highest BCUT2D eigenvalue weighted by Crippen LogP contribution is 2.19. The summed E-state index contributed by atoms with van der Waals surface area (Å²) in [5.41, 5.74) is 10.2. The molecule has 0 aliphatic carbocycles. The Morgan fingerprint density at radius 1 is 1.26 bits per heavy atom. The van der Waals surface area contributed by atoms with E-state index in [-0.39, 0.29) is 43.5 Å². The number of nitro groups is 1. The van der Waals surface area contributed by atoms with E-state index in [1.807, 2.05) is 0 Å². The van der Waals surface area contributed by atoms with Gasteiger partial charge in [0.1, 0.15) is 6.10 Å². The third kappa shape index (κ3) is 8.74. The molecule has 0 radical (unpaired) electrons. The highest BCUT2D eigenvalue weighted by atomic mass is 16.6. The number of carbonyl (C=O) groups is 3. The van der Waals surface area contributed by atoms with Crippen molar-refractivity contribution in [2.75, 3.05) is 18.6 Å². The fourth-order valence-corrected chi connectivity index (χ4v) is 3.00. The molecule has 0 bridgehead atoms. The van der Waals surface area contributed by atoms with Gasteiger partial charge in [-0.25, -0.2) is 0 Å². The van der Waals surface area contributed by atoms with E-state index in [1.165, 1.54) is 23.2 Å². The molecular formula is C22H26N6O7. The number of hydrogen-bond donors (Lipinski definition) is 4. The van der Waals surface area contributed by atoms with Crippen molar-refractivity contribution < 1.29 is 34.6 Å². The molecule has 0 spiro atoms. The van der Waals surface area contributed by atoms with Crippen molar-refractivity contribution in [1.29, 1.82) is 0 Å². The number of nitro benzene ring substituents is 1. The molecule has 6 N–H and O–H groups in total. The van der Waals surface area contributed by atoms with E-state index in [1.54, 1.807) is 30.3 Å². The van der Waals surface area contributed by atoms with Crippen LogP contribution in [0, 0.1) is 10.1 Å². The topological polar surface area (TPSA) is 206 Å². The fraction of sp³-hybridized carbons (Fsp3) is 0.273. The van der Waals surface area contributed by atoms with E-state index >= 15 is 0 Å². The minimum atomic E-state index is -1.08. The largest absolute Gasteiger partial charge is 0.550 e. The van der Waals surface area contributed by atoms with Gasteiger partial charge in [-0.2, -0.15) is 0 Å². The van der Waals surface area contributed by atoms with Gasteiger partial charge in [0, 0.05) is 24.6 Å². The molecule has 1 heterocycles. The summed E-state index contributed by atoms with van der Waals surface area (Å²) in [5, 5.41) is 29.4. The molecule has 1 unspecified atom stereocenters. The van der Waals surface area contributed by atoms with Crippen molar-refractivity contribution in [3.05, 3.63) is 69.8 Å². The number of amidine groups is 1. The maximum absolute atomic E-state index is 12.7. The Labute approximate surface area is 200 Å². The van der Waals surface area contributed by atoms with Gasteiger partial charge in [-0.3, -0.25) is 41.3 Å². The van der Waals surface area contributed by atoms with Gasteiger partial charge in [-0.15, -0.1) is 0 Å². The molecule has 2 amide bonds. The van der Waals surface area contributed by atoms with E-state index in [9.17, 15) is 19.7 Å². The number of nitrogens with zero attached hydrogens (tertiary/aromatic N) is 2. The van der Waals surface area contributed by atoms with Crippen LogP contribution < -0.4 is 27.0 Å². The van der Waals surface area contributed by atoms with E-state index < -0.39 is 22.9 Å². The number of benzene rings is 2. The number of ether oxygens (including phenoxy) is 1. The predicted octanol–water partition coefficient (Wildman–Crippen LogP) is -1.92. The fourth-order valence-electron chi connectivity index (χ4n) is 3.00. The van der Waals surface area contributed by atoms with Gasteiger partial charge in [0.15, 0.2) is 0 Å². The number of aliphatic carboxylic acids is 1. The van der Waals surface area contributed by atoms with Crippen molar-refractivity contribution in [1.82, 2.24) is 10.3 Å². The quantitative estimate of drug-likeness (QED) is 0.142. The molecule has 13 nitrogen and oxygen atoms in total. The normalized spacial score (nSPS) is 14.8. The molecule has 1 fully saturated rings. The first-order valence-electron chi connectivity index (χ1n) is 10.4. The van der Waals surface area contributed by atoms with Gasteiger partial charge in [-0.1, -0.05) is 18.2 Å². The van der Waals surface area contributed by atoms with E-state index in [2.05, 4.69) is 10.7 Å². The molecule has 1 saturated heterocycles. The minimum Gasteiger partial charge on any atom is -0.550 e. The summed E-state index contributed by atoms with van der Waals surface area (Å²) >= 11 is 0. The molecule has 1 atom stereocenters. The summed E-state index contributed by atoms with van der Waals surface area (Å²) in [7, 11) is 0. The van der Waals surface area contributed by atoms with Crippen LogP contribution in [-0.4, -0.2) is 52.8 Å². The van der Waals surface area contributed by atoms with Crippen molar-refractivity contribution in [3.63, 3.8) is 0 Å². The van der Waals surface area contributed by atoms with Gasteiger partial charge in [0.05, 0.1) is 35.7 Å². The lowest BCUT2D eigenvalue weighted by molar-refractivity contribution is -0.384. The average Bonchev–Trinajstić information content (AvgIpc) is 2.80. The number of hydrogen-bond acceptors (Lipinski definition) is 8. The first-order chi connectivity index (χ1) is 16.6. The van der Waals surface area contributed by atoms with Crippen molar-refractivity contribution in [2.24, 2.45) is 5.73 Å². The molecule has 186 valence electrons. The molecule has 2 aromatic carbocycles. The lowest BCUT2D eigenvalue weighted by Crippen LogP contribution is -2.51. The Bertz CT molecular complexity index is 1090. The Kier molecular flexibility index (Phi) is 9.66. The molecule has 0 aromatic heterocycles. The summed E-state index contributed by atoms with van der Waals surface area (Å²) in [6, 6.07) is 12.9. The lowest BCUT2D eigenvalue weighted by Gasteiger charge is -2.32. The number of amides is 2. The number of hydrazine groups is 1. The predicted molar refractivity (Wildman–Crippen MR) is 122 cm³/mol. The summed E-state index contributed by atoms with van der Waals surface area (Å²) in [6.07, 6.45) is -1.10. The first-order valence-corrected chi connectivity index (χ1v) is 10.4. The maximum atomic E-state index is 12.7. The number of morpholine rings is 1. The molecule has 13 heteroatoms. The van der Waals surface area contributed by atoms with Gasteiger partial charge >= 0.3 is 0 Å². The molecule has 0 saturated carbocycles. The van der Waals surface area contributed by atoms with Crippen molar-refractivity contribution in [2.45, 2.75) is 26.0 Å². The van der Waals surface area contributed by atoms with Crippen LogP contribution >= 0.6 is 0 Å². The molecule has 1 aliphatic rings. The summed E-state index contributed by atoms with van der Waals surface area (Å²) in [5.74, 6) is -1.64. The minimum absolute atomic E-state index is 0.0956. The summed E-state index contributed by atoms with van der Waals surface area (Å²) in [6.45, 7) is 1.72.